The molecule has 1 aliphatic rings. The van der Waals surface area contributed by atoms with Crippen LogP contribution in [-0.2, 0) is 14.8 Å². The number of carbonyl (C=O) groups excluding carboxylic acids is 1. The summed E-state index contributed by atoms with van der Waals surface area (Å²) in [4.78, 5) is 19.6. The number of rotatable bonds is 5. The number of piperidine rings is 1. The summed E-state index contributed by atoms with van der Waals surface area (Å²) in [5.74, 6) is 1.27. The number of nitrogens with zero attached hydrogens (tertiary/aromatic N) is 5. The van der Waals surface area contributed by atoms with E-state index in [9.17, 15) is 13.2 Å². The van der Waals surface area contributed by atoms with Gasteiger partial charge in [-0.2, -0.15) is 4.31 Å². The standard InChI is InChI=1S/C20H22N6O4S/c1-13-21-11-16(12-22-13)20-25-24-19(30-20)15-7-9-26(10-8-15)31(28,29)18-5-3-17(4-6-18)23-14(2)27/h3-6,11-12,15H,7-10H2,1-2H3,(H,23,27). The Bertz CT molecular complexity index is 1170. The van der Waals surface area contributed by atoms with E-state index in [1.165, 1.54) is 23.4 Å². The van der Waals surface area contributed by atoms with E-state index >= 15 is 0 Å². The van der Waals surface area contributed by atoms with Crippen LogP contribution in [0.1, 0.15) is 37.4 Å². The average Bonchev–Trinajstić information content (AvgIpc) is 3.25. The first-order valence-corrected chi connectivity index (χ1v) is 11.3. The van der Waals surface area contributed by atoms with Crippen molar-refractivity contribution >= 4 is 21.6 Å². The summed E-state index contributed by atoms with van der Waals surface area (Å²) in [6.45, 7) is 3.90. The number of aryl methyl sites for hydroxylation is 1. The maximum atomic E-state index is 13.0. The Morgan fingerprint density at radius 1 is 1.10 bits per heavy atom. The van der Waals surface area contributed by atoms with Crippen LogP contribution in [0.5, 0.6) is 0 Å². The number of aromatic nitrogens is 4. The van der Waals surface area contributed by atoms with E-state index < -0.39 is 10.0 Å². The maximum Gasteiger partial charge on any atom is 0.250 e. The lowest BCUT2D eigenvalue weighted by Crippen LogP contribution is -2.37. The molecule has 1 fully saturated rings. The monoisotopic (exact) mass is 442 g/mol. The van der Waals surface area contributed by atoms with Crippen LogP contribution in [0.4, 0.5) is 5.69 Å². The van der Waals surface area contributed by atoms with Crippen LogP contribution in [-0.4, -0.2) is 51.9 Å². The van der Waals surface area contributed by atoms with Crippen molar-refractivity contribution in [2.24, 2.45) is 0 Å². The SMILES string of the molecule is CC(=O)Nc1ccc(S(=O)(=O)N2CCC(c3nnc(-c4cnc(C)nc4)o3)CC2)cc1. The van der Waals surface area contributed by atoms with E-state index in [1.54, 1.807) is 31.5 Å². The summed E-state index contributed by atoms with van der Waals surface area (Å²) >= 11 is 0. The second-order valence-corrected chi connectivity index (χ2v) is 9.29. The molecule has 1 aliphatic heterocycles. The van der Waals surface area contributed by atoms with Crippen molar-refractivity contribution in [3.8, 4) is 11.5 Å². The van der Waals surface area contributed by atoms with Crippen molar-refractivity contribution in [3.63, 3.8) is 0 Å². The van der Waals surface area contributed by atoms with Crippen molar-refractivity contribution < 1.29 is 17.6 Å². The lowest BCUT2D eigenvalue weighted by molar-refractivity contribution is -0.114. The van der Waals surface area contributed by atoms with Crippen molar-refractivity contribution in [2.75, 3.05) is 18.4 Å². The number of benzene rings is 1. The van der Waals surface area contributed by atoms with Gasteiger partial charge in [0.2, 0.25) is 21.8 Å². The summed E-state index contributed by atoms with van der Waals surface area (Å²) in [5, 5.41) is 10.8. The van der Waals surface area contributed by atoms with E-state index in [0.717, 1.165) is 0 Å². The van der Waals surface area contributed by atoms with Gasteiger partial charge in [-0.15, -0.1) is 10.2 Å². The Labute approximate surface area is 179 Å². The predicted molar refractivity (Wildman–Crippen MR) is 112 cm³/mol. The number of hydrogen-bond acceptors (Lipinski definition) is 8. The Morgan fingerprint density at radius 2 is 1.74 bits per heavy atom. The second kappa shape index (κ2) is 8.52. The smallest absolute Gasteiger partial charge is 0.250 e. The van der Waals surface area contributed by atoms with Crippen LogP contribution < -0.4 is 5.32 Å². The molecular weight excluding hydrogens is 420 g/mol. The van der Waals surface area contributed by atoms with Crippen LogP contribution in [0.25, 0.3) is 11.5 Å². The topological polar surface area (TPSA) is 131 Å². The van der Waals surface area contributed by atoms with Crippen molar-refractivity contribution in [3.05, 3.63) is 48.4 Å². The number of sulfonamides is 1. The van der Waals surface area contributed by atoms with E-state index in [1.807, 2.05) is 0 Å². The molecule has 0 aliphatic carbocycles. The van der Waals surface area contributed by atoms with Crippen LogP contribution in [0, 0.1) is 6.92 Å². The molecule has 1 saturated heterocycles. The third-order valence-corrected chi connectivity index (χ3v) is 7.00. The van der Waals surface area contributed by atoms with Crippen LogP contribution in [0.3, 0.4) is 0 Å². The normalized spacial score (nSPS) is 15.7. The van der Waals surface area contributed by atoms with Gasteiger partial charge in [-0.1, -0.05) is 0 Å². The minimum atomic E-state index is -3.62. The molecule has 10 nitrogen and oxygen atoms in total. The molecule has 0 saturated carbocycles. The molecule has 2 aromatic heterocycles. The minimum Gasteiger partial charge on any atom is -0.420 e. The van der Waals surface area contributed by atoms with E-state index in [0.29, 0.717) is 54.8 Å². The van der Waals surface area contributed by atoms with Gasteiger partial charge in [0.1, 0.15) is 5.82 Å². The number of hydrogen-bond donors (Lipinski definition) is 1. The molecule has 162 valence electrons. The molecule has 3 aromatic rings. The molecular formula is C20H22N6O4S. The van der Waals surface area contributed by atoms with Gasteiger partial charge in [-0.25, -0.2) is 18.4 Å². The summed E-state index contributed by atoms with van der Waals surface area (Å²) in [6, 6.07) is 6.16. The largest absolute Gasteiger partial charge is 0.420 e. The highest BCUT2D eigenvalue weighted by atomic mass is 32.2. The fraction of sp³-hybridized carbons (Fsp3) is 0.350. The van der Waals surface area contributed by atoms with E-state index in [2.05, 4.69) is 25.5 Å². The molecule has 0 radical (unpaired) electrons. The molecule has 1 N–H and O–H groups in total. The predicted octanol–water partition coefficient (Wildman–Crippen LogP) is 2.36. The Kier molecular flexibility index (Phi) is 5.79. The third kappa shape index (κ3) is 4.62. The maximum absolute atomic E-state index is 13.0. The van der Waals surface area contributed by atoms with Crippen molar-refractivity contribution in [1.29, 1.82) is 0 Å². The van der Waals surface area contributed by atoms with Gasteiger partial charge in [0, 0.05) is 44.0 Å². The van der Waals surface area contributed by atoms with Gasteiger partial charge in [-0.3, -0.25) is 4.79 Å². The van der Waals surface area contributed by atoms with Crippen molar-refractivity contribution in [1.82, 2.24) is 24.5 Å². The highest BCUT2D eigenvalue weighted by molar-refractivity contribution is 7.89. The molecule has 0 unspecified atom stereocenters. The van der Waals surface area contributed by atoms with E-state index in [-0.39, 0.29) is 16.7 Å². The molecule has 0 bridgehead atoms. The highest BCUT2D eigenvalue weighted by Gasteiger charge is 2.32. The summed E-state index contributed by atoms with van der Waals surface area (Å²) < 4.78 is 33.2. The number of nitrogens with one attached hydrogen (secondary N) is 1. The van der Waals surface area contributed by atoms with Gasteiger partial charge in [0.05, 0.1) is 10.5 Å². The lowest BCUT2D eigenvalue weighted by atomic mass is 9.98. The Morgan fingerprint density at radius 3 is 2.35 bits per heavy atom. The Balaban J connectivity index is 1.41. The van der Waals surface area contributed by atoms with Gasteiger partial charge in [0.25, 0.3) is 5.89 Å². The zero-order valence-electron chi connectivity index (χ0n) is 17.1. The lowest BCUT2D eigenvalue weighted by Gasteiger charge is -2.29. The average molecular weight is 443 g/mol. The molecule has 1 aromatic carbocycles. The minimum absolute atomic E-state index is 0.0128. The molecule has 11 heteroatoms. The van der Waals surface area contributed by atoms with Gasteiger partial charge < -0.3 is 9.73 Å². The molecule has 3 heterocycles. The first-order valence-electron chi connectivity index (χ1n) is 9.83. The van der Waals surface area contributed by atoms with Gasteiger partial charge in [-0.05, 0) is 44.0 Å². The zero-order valence-corrected chi connectivity index (χ0v) is 18.0. The first kappa shape index (κ1) is 21.1. The third-order valence-electron chi connectivity index (χ3n) is 5.08. The van der Waals surface area contributed by atoms with Crippen molar-refractivity contribution in [2.45, 2.75) is 37.5 Å². The molecule has 0 spiro atoms. The number of anilines is 1. The number of amides is 1. The molecule has 31 heavy (non-hydrogen) atoms. The zero-order chi connectivity index (χ0) is 22.0. The van der Waals surface area contributed by atoms with Crippen LogP contribution in [0.2, 0.25) is 0 Å². The quantitative estimate of drug-likeness (QED) is 0.637. The first-order chi connectivity index (χ1) is 14.8. The summed E-state index contributed by atoms with van der Waals surface area (Å²) in [7, 11) is -3.62. The summed E-state index contributed by atoms with van der Waals surface area (Å²) in [6.07, 6.45) is 4.42. The van der Waals surface area contributed by atoms with E-state index in [4.69, 9.17) is 4.42 Å². The molecule has 0 atom stereocenters. The fourth-order valence-corrected chi connectivity index (χ4v) is 4.89. The second-order valence-electron chi connectivity index (χ2n) is 7.35. The summed E-state index contributed by atoms with van der Waals surface area (Å²) in [5.41, 5.74) is 1.20. The fourth-order valence-electron chi connectivity index (χ4n) is 3.42. The molecule has 4 rings (SSSR count). The number of carbonyl (C=O) groups is 1. The Hall–Kier alpha value is -3.18. The van der Waals surface area contributed by atoms with Crippen LogP contribution in [0.15, 0.2) is 46.0 Å². The van der Waals surface area contributed by atoms with Gasteiger partial charge >= 0.3 is 0 Å². The highest BCUT2D eigenvalue weighted by Crippen LogP contribution is 2.31. The van der Waals surface area contributed by atoms with Gasteiger partial charge in [0.15, 0.2) is 0 Å². The molecule has 1 amide bonds. The van der Waals surface area contributed by atoms with Crippen LogP contribution >= 0.6 is 0 Å².